The number of aryl methyl sites for hydroxylation is 1. The summed E-state index contributed by atoms with van der Waals surface area (Å²) in [7, 11) is 1.55. The predicted molar refractivity (Wildman–Crippen MR) is 49.9 cm³/mol. The number of hydrogen-bond donors (Lipinski definition) is 2. The number of phenols is 1. The molecule has 1 atom stereocenters. The largest absolute Gasteiger partial charge is 0.504 e. The van der Waals surface area contributed by atoms with Gasteiger partial charge in [0.05, 0.1) is 7.11 Å². The van der Waals surface area contributed by atoms with E-state index in [-0.39, 0.29) is 11.8 Å². The Labute approximate surface area is 77.1 Å². The van der Waals surface area contributed by atoms with Crippen molar-refractivity contribution in [2.75, 3.05) is 7.11 Å². The molecule has 0 fully saturated rings. The molecule has 1 aromatic carbocycles. The summed E-state index contributed by atoms with van der Waals surface area (Å²) < 4.78 is 5.01. The van der Waals surface area contributed by atoms with E-state index in [0.717, 1.165) is 18.4 Å². The highest BCUT2D eigenvalue weighted by Gasteiger charge is 2.21. The van der Waals surface area contributed by atoms with E-state index in [1.165, 1.54) is 5.56 Å². The van der Waals surface area contributed by atoms with Crippen molar-refractivity contribution in [3.63, 3.8) is 0 Å². The number of rotatable bonds is 1. The molecule has 70 valence electrons. The minimum absolute atomic E-state index is 0.0757. The van der Waals surface area contributed by atoms with E-state index < -0.39 is 0 Å². The minimum Gasteiger partial charge on any atom is -0.504 e. The van der Waals surface area contributed by atoms with Gasteiger partial charge in [0.15, 0.2) is 11.5 Å². The number of phenolic OH excluding ortho intramolecular Hbond substituents is 1. The minimum atomic E-state index is 0.0757. The van der Waals surface area contributed by atoms with E-state index in [0.29, 0.717) is 5.75 Å². The summed E-state index contributed by atoms with van der Waals surface area (Å²) in [6, 6.07) is 3.66. The molecule has 0 bridgehead atoms. The van der Waals surface area contributed by atoms with Crippen molar-refractivity contribution in [1.29, 1.82) is 0 Å². The molecule has 3 nitrogen and oxygen atoms in total. The normalized spacial score (nSPS) is 20.0. The topological polar surface area (TPSA) is 55.5 Å². The van der Waals surface area contributed by atoms with E-state index in [9.17, 15) is 5.11 Å². The van der Waals surface area contributed by atoms with Crippen LogP contribution in [0.2, 0.25) is 0 Å². The van der Waals surface area contributed by atoms with Crippen LogP contribution in [-0.4, -0.2) is 12.2 Å². The Hall–Kier alpha value is -1.22. The summed E-state index contributed by atoms with van der Waals surface area (Å²) in [5.74, 6) is 0.714. The van der Waals surface area contributed by atoms with Gasteiger partial charge in [-0.2, -0.15) is 0 Å². The highest BCUT2D eigenvalue weighted by Crippen LogP contribution is 2.37. The van der Waals surface area contributed by atoms with Crippen LogP contribution in [-0.2, 0) is 6.42 Å². The van der Waals surface area contributed by atoms with Crippen LogP contribution in [0.4, 0.5) is 0 Å². The molecule has 1 aliphatic carbocycles. The lowest BCUT2D eigenvalue weighted by Crippen LogP contribution is -2.04. The quantitative estimate of drug-likeness (QED) is 0.684. The zero-order valence-electron chi connectivity index (χ0n) is 7.58. The standard InChI is InChI=1S/C10H13NO2/c1-13-10-4-6-2-3-8(11)7(6)5-9(10)12/h4-5,8,12H,2-3,11H2,1H3/t8-/m0/s1. The smallest absolute Gasteiger partial charge is 0.160 e. The second-order valence-electron chi connectivity index (χ2n) is 3.37. The molecule has 3 heteroatoms. The Balaban J connectivity index is 2.50. The van der Waals surface area contributed by atoms with Crippen LogP contribution < -0.4 is 10.5 Å². The van der Waals surface area contributed by atoms with Gasteiger partial charge in [0, 0.05) is 6.04 Å². The Bertz CT molecular complexity index is 336. The first-order valence-corrected chi connectivity index (χ1v) is 4.37. The highest BCUT2D eigenvalue weighted by molar-refractivity contribution is 5.49. The van der Waals surface area contributed by atoms with E-state index >= 15 is 0 Å². The van der Waals surface area contributed by atoms with Crippen LogP contribution >= 0.6 is 0 Å². The molecule has 0 saturated carbocycles. The van der Waals surface area contributed by atoms with E-state index in [1.807, 2.05) is 6.07 Å². The fourth-order valence-electron chi connectivity index (χ4n) is 1.82. The lowest BCUT2D eigenvalue weighted by Gasteiger charge is -2.08. The first kappa shape index (κ1) is 8.38. The maximum atomic E-state index is 9.51. The third kappa shape index (κ3) is 1.25. The molecule has 0 radical (unpaired) electrons. The van der Waals surface area contributed by atoms with Crippen molar-refractivity contribution < 1.29 is 9.84 Å². The number of aromatic hydroxyl groups is 1. The van der Waals surface area contributed by atoms with Crippen LogP contribution in [0.1, 0.15) is 23.6 Å². The van der Waals surface area contributed by atoms with Crippen LogP contribution in [0.15, 0.2) is 12.1 Å². The number of fused-ring (bicyclic) bond motifs is 1. The second-order valence-corrected chi connectivity index (χ2v) is 3.37. The van der Waals surface area contributed by atoms with Gasteiger partial charge in [-0.3, -0.25) is 0 Å². The number of hydrogen-bond acceptors (Lipinski definition) is 3. The van der Waals surface area contributed by atoms with E-state index in [2.05, 4.69) is 0 Å². The van der Waals surface area contributed by atoms with Gasteiger partial charge in [0.2, 0.25) is 0 Å². The number of ether oxygens (including phenoxy) is 1. The molecule has 13 heavy (non-hydrogen) atoms. The van der Waals surface area contributed by atoms with Crippen molar-refractivity contribution >= 4 is 0 Å². The average Bonchev–Trinajstić information content (AvgIpc) is 2.47. The molecule has 0 saturated heterocycles. The third-order valence-corrected chi connectivity index (χ3v) is 2.56. The van der Waals surface area contributed by atoms with Crippen LogP contribution in [0.5, 0.6) is 11.5 Å². The van der Waals surface area contributed by atoms with Gasteiger partial charge >= 0.3 is 0 Å². The molecule has 0 heterocycles. The average molecular weight is 179 g/mol. The van der Waals surface area contributed by atoms with Crippen LogP contribution in [0, 0.1) is 0 Å². The monoisotopic (exact) mass is 179 g/mol. The van der Waals surface area contributed by atoms with Crippen molar-refractivity contribution in [3.8, 4) is 11.5 Å². The summed E-state index contributed by atoms with van der Waals surface area (Å²) in [5.41, 5.74) is 8.11. The molecular formula is C10H13NO2. The van der Waals surface area contributed by atoms with Crippen molar-refractivity contribution in [3.05, 3.63) is 23.3 Å². The molecule has 0 amide bonds. The summed E-state index contributed by atoms with van der Waals surface area (Å²) in [4.78, 5) is 0. The van der Waals surface area contributed by atoms with Crippen LogP contribution in [0.25, 0.3) is 0 Å². The molecular weight excluding hydrogens is 166 g/mol. The molecule has 1 aromatic rings. The third-order valence-electron chi connectivity index (χ3n) is 2.56. The maximum absolute atomic E-state index is 9.51. The molecule has 0 unspecified atom stereocenters. The fraction of sp³-hybridized carbons (Fsp3) is 0.400. The SMILES string of the molecule is COc1cc2c(cc1O)[C@@H](N)CC2. The number of benzene rings is 1. The van der Waals surface area contributed by atoms with Gasteiger partial charge in [-0.15, -0.1) is 0 Å². The lowest BCUT2D eigenvalue weighted by atomic mass is 10.1. The predicted octanol–water partition coefficient (Wildman–Crippen LogP) is 1.35. The zero-order valence-corrected chi connectivity index (χ0v) is 7.58. The van der Waals surface area contributed by atoms with Gasteiger partial charge in [0.1, 0.15) is 0 Å². The maximum Gasteiger partial charge on any atom is 0.160 e. The van der Waals surface area contributed by atoms with E-state index in [1.54, 1.807) is 13.2 Å². The first-order chi connectivity index (χ1) is 6.22. The Morgan fingerprint density at radius 2 is 2.31 bits per heavy atom. The zero-order chi connectivity index (χ0) is 9.42. The summed E-state index contributed by atoms with van der Waals surface area (Å²) >= 11 is 0. The molecule has 0 spiro atoms. The Morgan fingerprint density at radius 1 is 1.54 bits per heavy atom. The van der Waals surface area contributed by atoms with Gasteiger partial charge in [0.25, 0.3) is 0 Å². The van der Waals surface area contributed by atoms with Gasteiger partial charge < -0.3 is 15.6 Å². The fourth-order valence-corrected chi connectivity index (χ4v) is 1.82. The van der Waals surface area contributed by atoms with Gasteiger partial charge in [-0.25, -0.2) is 0 Å². The molecule has 0 aromatic heterocycles. The van der Waals surface area contributed by atoms with Crippen LogP contribution in [0.3, 0.4) is 0 Å². The summed E-state index contributed by atoms with van der Waals surface area (Å²) in [5, 5.41) is 9.51. The van der Waals surface area contributed by atoms with E-state index in [4.69, 9.17) is 10.5 Å². The summed E-state index contributed by atoms with van der Waals surface area (Å²) in [6.07, 6.45) is 1.94. The number of nitrogens with two attached hydrogens (primary N) is 1. The highest BCUT2D eigenvalue weighted by atomic mass is 16.5. The Morgan fingerprint density at radius 3 is 3.00 bits per heavy atom. The molecule has 1 aliphatic rings. The Kier molecular flexibility index (Phi) is 1.88. The number of methoxy groups -OCH3 is 1. The molecule has 2 rings (SSSR count). The van der Waals surface area contributed by atoms with Gasteiger partial charge in [-0.1, -0.05) is 0 Å². The lowest BCUT2D eigenvalue weighted by molar-refractivity contribution is 0.372. The van der Waals surface area contributed by atoms with Gasteiger partial charge in [-0.05, 0) is 36.1 Å². The molecule has 3 N–H and O–H groups in total. The summed E-state index contributed by atoms with van der Waals surface area (Å²) in [6.45, 7) is 0. The van der Waals surface area contributed by atoms with Crippen molar-refractivity contribution in [2.24, 2.45) is 5.73 Å². The van der Waals surface area contributed by atoms with Crippen molar-refractivity contribution in [2.45, 2.75) is 18.9 Å². The van der Waals surface area contributed by atoms with Crippen molar-refractivity contribution in [1.82, 2.24) is 0 Å². The molecule has 0 aliphatic heterocycles. The second kappa shape index (κ2) is 2.92. The first-order valence-electron chi connectivity index (χ1n) is 4.37.